The molecular formula is C16H23N5S2. The van der Waals surface area contributed by atoms with E-state index in [2.05, 4.69) is 77.5 Å². The molecule has 7 heteroatoms. The Labute approximate surface area is 145 Å². The van der Waals surface area contributed by atoms with Crippen LogP contribution in [0.15, 0.2) is 35.5 Å². The summed E-state index contributed by atoms with van der Waals surface area (Å²) in [6.07, 6.45) is 0. The minimum atomic E-state index is 0.277. The average Bonchev–Trinajstić information content (AvgIpc) is 2.46. The van der Waals surface area contributed by atoms with Crippen molar-refractivity contribution >= 4 is 33.5 Å². The van der Waals surface area contributed by atoms with Crippen LogP contribution in [0.3, 0.4) is 0 Å². The average molecular weight is 350 g/mol. The van der Waals surface area contributed by atoms with Gasteiger partial charge in [0, 0.05) is 17.8 Å². The van der Waals surface area contributed by atoms with Crippen molar-refractivity contribution < 1.29 is 0 Å². The summed E-state index contributed by atoms with van der Waals surface area (Å²) in [6.45, 7) is 8.26. The number of rotatable bonds is 8. The van der Waals surface area contributed by atoms with Crippen LogP contribution in [0.1, 0.15) is 33.3 Å². The summed E-state index contributed by atoms with van der Waals surface area (Å²) in [5.74, 6) is 2.14. The lowest BCUT2D eigenvalue weighted by Crippen LogP contribution is -2.17. The molecule has 0 saturated carbocycles. The van der Waals surface area contributed by atoms with Crippen LogP contribution in [0, 0.1) is 0 Å². The van der Waals surface area contributed by atoms with Gasteiger partial charge in [0.25, 0.3) is 0 Å². The van der Waals surface area contributed by atoms with E-state index < -0.39 is 0 Å². The summed E-state index contributed by atoms with van der Waals surface area (Å²) in [5.41, 5.74) is 1.29. The third kappa shape index (κ3) is 6.66. The second-order valence-corrected chi connectivity index (χ2v) is 7.96. The Morgan fingerprint density at radius 2 is 1.43 bits per heavy atom. The SMILES string of the molecule is CC(C)Nc1nc(NC(C)C)nc(SSCc2ccccc2)n1. The molecule has 0 bridgehead atoms. The second kappa shape index (κ2) is 8.98. The van der Waals surface area contributed by atoms with Gasteiger partial charge in [-0.2, -0.15) is 15.0 Å². The van der Waals surface area contributed by atoms with E-state index in [0.29, 0.717) is 17.1 Å². The second-order valence-electron chi connectivity index (χ2n) is 5.69. The topological polar surface area (TPSA) is 62.7 Å². The molecule has 124 valence electrons. The van der Waals surface area contributed by atoms with Crippen molar-refractivity contribution in [3.63, 3.8) is 0 Å². The molecule has 2 N–H and O–H groups in total. The van der Waals surface area contributed by atoms with E-state index >= 15 is 0 Å². The van der Waals surface area contributed by atoms with E-state index in [0.717, 1.165) is 5.75 Å². The van der Waals surface area contributed by atoms with Gasteiger partial charge >= 0.3 is 0 Å². The monoisotopic (exact) mass is 349 g/mol. The molecule has 0 aliphatic rings. The molecule has 1 aromatic carbocycles. The zero-order valence-corrected chi connectivity index (χ0v) is 15.5. The number of nitrogens with one attached hydrogen (secondary N) is 2. The molecule has 0 atom stereocenters. The lowest BCUT2D eigenvalue weighted by molar-refractivity contribution is 0.814. The number of hydrogen-bond acceptors (Lipinski definition) is 7. The third-order valence-corrected chi connectivity index (χ3v) is 4.71. The Morgan fingerprint density at radius 3 is 1.96 bits per heavy atom. The van der Waals surface area contributed by atoms with Crippen molar-refractivity contribution in [2.24, 2.45) is 0 Å². The third-order valence-electron chi connectivity index (χ3n) is 2.65. The van der Waals surface area contributed by atoms with E-state index in [-0.39, 0.29) is 12.1 Å². The number of benzene rings is 1. The fraction of sp³-hybridized carbons (Fsp3) is 0.438. The largest absolute Gasteiger partial charge is 0.352 e. The van der Waals surface area contributed by atoms with Gasteiger partial charge in [0.05, 0.1) is 0 Å². The molecule has 2 aromatic rings. The van der Waals surface area contributed by atoms with E-state index in [4.69, 9.17) is 0 Å². The van der Waals surface area contributed by atoms with Crippen LogP contribution in [0.5, 0.6) is 0 Å². The number of anilines is 2. The van der Waals surface area contributed by atoms with Crippen molar-refractivity contribution in [2.45, 2.75) is 50.7 Å². The predicted octanol–water partition coefficient (Wildman–Crippen LogP) is 4.45. The van der Waals surface area contributed by atoms with Gasteiger partial charge in [-0.3, -0.25) is 0 Å². The van der Waals surface area contributed by atoms with Crippen LogP contribution in [0.25, 0.3) is 0 Å². The Morgan fingerprint density at radius 1 is 0.870 bits per heavy atom. The first-order chi connectivity index (χ1) is 11.0. The van der Waals surface area contributed by atoms with Crippen LogP contribution >= 0.6 is 21.6 Å². The van der Waals surface area contributed by atoms with Gasteiger partial charge in [-0.15, -0.1) is 0 Å². The van der Waals surface area contributed by atoms with Gasteiger partial charge in [0.2, 0.25) is 17.1 Å². The highest BCUT2D eigenvalue weighted by atomic mass is 33.1. The molecule has 0 saturated heterocycles. The number of aromatic nitrogens is 3. The molecule has 0 fully saturated rings. The Kier molecular flexibility index (Phi) is 6.98. The smallest absolute Gasteiger partial charge is 0.228 e. The highest BCUT2D eigenvalue weighted by Crippen LogP contribution is 2.32. The van der Waals surface area contributed by atoms with Crippen LogP contribution in [-0.2, 0) is 5.75 Å². The minimum Gasteiger partial charge on any atom is -0.352 e. The van der Waals surface area contributed by atoms with Crippen molar-refractivity contribution in [3.05, 3.63) is 35.9 Å². The predicted molar refractivity (Wildman–Crippen MR) is 101 cm³/mol. The molecule has 5 nitrogen and oxygen atoms in total. The quantitative estimate of drug-likeness (QED) is 0.682. The molecule has 0 spiro atoms. The van der Waals surface area contributed by atoms with Crippen molar-refractivity contribution in [2.75, 3.05) is 10.6 Å². The molecule has 1 heterocycles. The molecule has 0 radical (unpaired) electrons. The van der Waals surface area contributed by atoms with Crippen molar-refractivity contribution in [3.8, 4) is 0 Å². The van der Waals surface area contributed by atoms with Gasteiger partial charge in [0.15, 0.2) is 0 Å². The maximum absolute atomic E-state index is 4.48. The van der Waals surface area contributed by atoms with Gasteiger partial charge in [-0.1, -0.05) is 41.1 Å². The summed E-state index contributed by atoms with van der Waals surface area (Å²) in [7, 11) is 3.30. The van der Waals surface area contributed by atoms with Gasteiger partial charge in [-0.05, 0) is 44.1 Å². The lowest BCUT2D eigenvalue weighted by atomic mass is 10.2. The van der Waals surface area contributed by atoms with Crippen molar-refractivity contribution in [1.82, 2.24) is 15.0 Å². The molecule has 0 amide bonds. The van der Waals surface area contributed by atoms with Crippen molar-refractivity contribution in [1.29, 1.82) is 0 Å². The molecule has 1 aromatic heterocycles. The fourth-order valence-electron chi connectivity index (χ4n) is 1.76. The van der Waals surface area contributed by atoms with Gasteiger partial charge < -0.3 is 10.6 Å². The van der Waals surface area contributed by atoms with E-state index in [9.17, 15) is 0 Å². The first kappa shape index (κ1) is 17.9. The summed E-state index contributed by atoms with van der Waals surface area (Å²) in [6, 6.07) is 10.9. The molecule has 0 unspecified atom stereocenters. The highest BCUT2D eigenvalue weighted by molar-refractivity contribution is 8.76. The number of nitrogens with zero attached hydrogens (tertiary/aromatic N) is 3. The Bertz CT molecular complexity index is 576. The van der Waals surface area contributed by atoms with Crippen LogP contribution in [0.2, 0.25) is 0 Å². The zero-order chi connectivity index (χ0) is 16.7. The summed E-state index contributed by atoms with van der Waals surface area (Å²) in [4.78, 5) is 13.4. The minimum absolute atomic E-state index is 0.277. The summed E-state index contributed by atoms with van der Waals surface area (Å²) < 4.78 is 0. The van der Waals surface area contributed by atoms with E-state index in [1.807, 2.05) is 6.07 Å². The first-order valence-electron chi connectivity index (χ1n) is 7.65. The highest BCUT2D eigenvalue weighted by Gasteiger charge is 2.09. The Hall–Kier alpha value is -1.47. The summed E-state index contributed by atoms with van der Waals surface area (Å²) >= 11 is 0. The first-order valence-corrected chi connectivity index (χ1v) is 9.97. The normalized spacial score (nSPS) is 11.0. The van der Waals surface area contributed by atoms with Crippen LogP contribution < -0.4 is 10.6 Å². The fourth-order valence-corrected chi connectivity index (χ4v) is 3.63. The molecule has 23 heavy (non-hydrogen) atoms. The molecule has 2 rings (SSSR count). The Balaban J connectivity index is 2.03. The molecule has 0 aliphatic heterocycles. The van der Waals surface area contributed by atoms with Crippen LogP contribution in [0.4, 0.5) is 11.9 Å². The number of hydrogen-bond donors (Lipinski definition) is 2. The van der Waals surface area contributed by atoms with Crippen LogP contribution in [-0.4, -0.2) is 27.0 Å². The summed E-state index contributed by atoms with van der Waals surface area (Å²) in [5, 5.41) is 7.20. The maximum atomic E-state index is 4.48. The van der Waals surface area contributed by atoms with Gasteiger partial charge in [0.1, 0.15) is 0 Å². The van der Waals surface area contributed by atoms with Gasteiger partial charge in [-0.25, -0.2) is 0 Å². The lowest BCUT2D eigenvalue weighted by Gasteiger charge is -2.13. The maximum Gasteiger partial charge on any atom is 0.228 e. The van der Waals surface area contributed by atoms with E-state index in [1.165, 1.54) is 5.56 Å². The zero-order valence-electron chi connectivity index (χ0n) is 13.9. The molecular weight excluding hydrogens is 326 g/mol. The molecule has 0 aliphatic carbocycles. The standard InChI is InChI=1S/C16H23N5S2/c1-11(2)17-14-19-15(18-12(3)4)21-16(20-14)23-22-10-13-8-6-5-7-9-13/h5-9,11-12H,10H2,1-4H3,(H2,17,18,19,20,21). The van der Waals surface area contributed by atoms with E-state index in [1.54, 1.807) is 21.6 Å².